The van der Waals surface area contributed by atoms with E-state index in [9.17, 15) is 9.59 Å². The Balaban J connectivity index is 2.24. The summed E-state index contributed by atoms with van der Waals surface area (Å²) in [4.78, 5) is 25.7. The molecule has 1 aromatic rings. The van der Waals surface area contributed by atoms with Crippen LogP contribution in [-0.2, 0) is 11.3 Å². The molecule has 1 aliphatic rings. The SMILES string of the molecule is CC1(C)C(=O)NCCN1C(=O)c1coc(CN)c1. The molecular weight excluding hydrogens is 234 g/mol. The van der Waals surface area contributed by atoms with Crippen LogP contribution in [0.4, 0.5) is 0 Å². The molecule has 0 aromatic carbocycles. The van der Waals surface area contributed by atoms with Crippen LogP contribution in [0.3, 0.4) is 0 Å². The number of piperazine rings is 1. The van der Waals surface area contributed by atoms with Crippen molar-refractivity contribution in [3.05, 3.63) is 23.7 Å². The van der Waals surface area contributed by atoms with Crippen molar-refractivity contribution in [2.45, 2.75) is 25.9 Å². The van der Waals surface area contributed by atoms with Crippen molar-refractivity contribution in [1.82, 2.24) is 10.2 Å². The van der Waals surface area contributed by atoms with Gasteiger partial charge in [0.05, 0.1) is 12.1 Å². The molecule has 6 heteroatoms. The maximum Gasteiger partial charge on any atom is 0.258 e. The molecule has 1 aliphatic heterocycles. The number of nitrogens with two attached hydrogens (primary N) is 1. The molecule has 0 aliphatic carbocycles. The molecule has 98 valence electrons. The van der Waals surface area contributed by atoms with E-state index >= 15 is 0 Å². The Kier molecular flexibility index (Phi) is 3.13. The van der Waals surface area contributed by atoms with Gasteiger partial charge in [0.15, 0.2) is 0 Å². The summed E-state index contributed by atoms with van der Waals surface area (Å²) in [5.41, 5.74) is 5.01. The monoisotopic (exact) mass is 251 g/mol. The van der Waals surface area contributed by atoms with E-state index in [2.05, 4.69) is 5.32 Å². The van der Waals surface area contributed by atoms with Crippen LogP contribution in [0.25, 0.3) is 0 Å². The Labute approximate surface area is 105 Å². The number of rotatable bonds is 2. The zero-order chi connectivity index (χ0) is 13.3. The number of carbonyl (C=O) groups excluding carboxylic acids is 2. The summed E-state index contributed by atoms with van der Waals surface area (Å²) in [6.45, 7) is 4.65. The molecular formula is C12H17N3O3. The van der Waals surface area contributed by atoms with E-state index < -0.39 is 5.54 Å². The maximum absolute atomic E-state index is 12.3. The molecule has 0 bridgehead atoms. The second-order valence-electron chi connectivity index (χ2n) is 4.78. The lowest BCUT2D eigenvalue weighted by atomic mass is 9.98. The van der Waals surface area contributed by atoms with E-state index in [1.54, 1.807) is 24.8 Å². The molecule has 2 heterocycles. The zero-order valence-corrected chi connectivity index (χ0v) is 10.5. The molecule has 1 saturated heterocycles. The third-order valence-electron chi connectivity index (χ3n) is 3.20. The van der Waals surface area contributed by atoms with Crippen molar-refractivity contribution >= 4 is 11.8 Å². The highest BCUT2D eigenvalue weighted by Gasteiger charge is 2.40. The third kappa shape index (κ3) is 1.99. The van der Waals surface area contributed by atoms with E-state index in [1.807, 2.05) is 0 Å². The molecule has 18 heavy (non-hydrogen) atoms. The number of carbonyl (C=O) groups is 2. The van der Waals surface area contributed by atoms with Crippen LogP contribution in [0.15, 0.2) is 16.7 Å². The Morgan fingerprint density at radius 1 is 1.61 bits per heavy atom. The van der Waals surface area contributed by atoms with Gasteiger partial charge in [-0.1, -0.05) is 0 Å². The van der Waals surface area contributed by atoms with Crippen molar-refractivity contribution in [1.29, 1.82) is 0 Å². The van der Waals surface area contributed by atoms with Gasteiger partial charge in [-0.05, 0) is 19.9 Å². The van der Waals surface area contributed by atoms with Crippen LogP contribution in [0, 0.1) is 0 Å². The smallest absolute Gasteiger partial charge is 0.258 e. The first-order valence-corrected chi connectivity index (χ1v) is 5.84. The van der Waals surface area contributed by atoms with Crippen molar-refractivity contribution in [3.8, 4) is 0 Å². The highest BCUT2D eigenvalue weighted by Crippen LogP contribution is 2.21. The predicted molar refractivity (Wildman–Crippen MR) is 64.7 cm³/mol. The van der Waals surface area contributed by atoms with Crippen molar-refractivity contribution in [2.24, 2.45) is 5.73 Å². The van der Waals surface area contributed by atoms with Crippen molar-refractivity contribution in [3.63, 3.8) is 0 Å². The normalized spacial score (nSPS) is 18.6. The topological polar surface area (TPSA) is 88.6 Å². The molecule has 1 aromatic heterocycles. The van der Waals surface area contributed by atoms with Gasteiger partial charge >= 0.3 is 0 Å². The summed E-state index contributed by atoms with van der Waals surface area (Å²) in [6.07, 6.45) is 1.38. The summed E-state index contributed by atoms with van der Waals surface area (Å²) >= 11 is 0. The Morgan fingerprint density at radius 2 is 2.33 bits per heavy atom. The zero-order valence-electron chi connectivity index (χ0n) is 10.5. The first-order valence-electron chi connectivity index (χ1n) is 5.84. The minimum atomic E-state index is -0.852. The lowest BCUT2D eigenvalue weighted by Gasteiger charge is -2.40. The van der Waals surface area contributed by atoms with Crippen molar-refractivity contribution in [2.75, 3.05) is 13.1 Å². The van der Waals surface area contributed by atoms with Crippen molar-refractivity contribution < 1.29 is 14.0 Å². The lowest BCUT2D eigenvalue weighted by Crippen LogP contribution is -2.63. The van der Waals surface area contributed by atoms with Crippen LogP contribution in [-0.4, -0.2) is 35.3 Å². The summed E-state index contributed by atoms with van der Waals surface area (Å²) in [5, 5.41) is 2.75. The second-order valence-corrected chi connectivity index (χ2v) is 4.78. The lowest BCUT2D eigenvalue weighted by molar-refractivity contribution is -0.133. The van der Waals surface area contributed by atoms with Gasteiger partial charge in [0.2, 0.25) is 5.91 Å². The number of hydrogen-bond acceptors (Lipinski definition) is 4. The van der Waals surface area contributed by atoms with Gasteiger partial charge in [-0.15, -0.1) is 0 Å². The Morgan fingerprint density at radius 3 is 2.94 bits per heavy atom. The molecule has 2 amide bonds. The van der Waals surface area contributed by atoms with Gasteiger partial charge in [-0.25, -0.2) is 0 Å². The average molecular weight is 251 g/mol. The van der Waals surface area contributed by atoms with Crippen LogP contribution < -0.4 is 11.1 Å². The molecule has 6 nitrogen and oxygen atoms in total. The van der Waals surface area contributed by atoms with Gasteiger partial charge < -0.3 is 20.4 Å². The quantitative estimate of drug-likeness (QED) is 0.779. The fraction of sp³-hybridized carbons (Fsp3) is 0.500. The Hall–Kier alpha value is -1.82. The standard InChI is InChI=1S/C12H17N3O3/c1-12(2)11(17)14-3-4-15(12)10(16)8-5-9(6-13)18-7-8/h5,7H,3-4,6,13H2,1-2H3,(H,14,17). The summed E-state index contributed by atoms with van der Waals surface area (Å²) in [6, 6.07) is 1.62. The summed E-state index contributed by atoms with van der Waals surface area (Å²) < 4.78 is 5.15. The molecule has 0 unspecified atom stereocenters. The fourth-order valence-electron chi connectivity index (χ4n) is 2.01. The van der Waals surface area contributed by atoms with E-state index in [0.717, 1.165) is 0 Å². The largest absolute Gasteiger partial charge is 0.467 e. The van der Waals surface area contributed by atoms with Crippen LogP contribution in [0.1, 0.15) is 30.0 Å². The summed E-state index contributed by atoms with van der Waals surface area (Å²) in [5.74, 6) is 0.195. The second kappa shape index (κ2) is 4.45. The van der Waals surface area contributed by atoms with E-state index in [0.29, 0.717) is 24.4 Å². The highest BCUT2D eigenvalue weighted by atomic mass is 16.3. The number of amides is 2. The van der Waals surface area contributed by atoms with E-state index in [1.165, 1.54) is 6.26 Å². The van der Waals surface area contributed by atoms with Crippen LogP contribution >= 0.6 is 0 Å². The first-order chi connectivity index (χ1) is 8.46. The number of nitrogens with one attached hydrogen (secondary N) is 1. The molecule has 2 rings (SSSR count). The van der Waals surface area contributed by atoms with Gasteiger partial charge in [0, 0.05) is 13.1 Å². The summed E-state index contributed by atoms with van der Waals surface area (Å²) in [7, 11) is 0. The molecule has 0 radical (unpaired) electrons. The number of hydrogen-bond donors (Lipinski definition) is 2. The number of furan rings is 1. The van der Waals surface area contributed by atoms with Gasteiger partial charge in [0.1, 0.15) is 17.6 Å². The highest BCUT2D eigenvalue weighted by molar-refractivity contribution is 5.99. The minimum Gasteiger partial charge on any atom is -0.467 e. The third-order valence-corrected chi connectivity index (χ3v) is 3.20. The number of nitrogens with zero attached hydrogens (tertiary/aromatic N) is 1. The van der Waals surface area contributed by atoms with Gasteiger partial charge in [-0.3, -0.25) is 9.59 Å². The van der Waals surface area contributed by atoms with Gasteiger partial charge in [-0.2, -0.15) is 0 Å². The fourth-order valence-corrected chi connectivity index (χ4v) is 2.01. The van der Waals surface area contributed by atoms with E-state index in [-0.39, 0.29) is 18.4 Å². The maximum atomic E-state index is 12.3. The molecule has 3 N–H and O–H groups in total. The average Bonchev–Trinajstić information content (AvgIpc) is 2.80. The molecule has 0 saturated carbocycles. The van der Waals surface area contributed by atoms with E-state index in [4.69, 9.17) is 10.2 Å². The molecule has 0 spiro atoms. The molecule has 0 atom stereocenters. The molecule has 1 fully saturated rings. The van der Waals surface area contributed by atoms with Gasteiger partial charge in [0.25, 0.3) is 5.91 Å². The first kappa shape index (κ1) is 12.6. The minimum absolute atomic E-state index is 0.148. The van der Waals surface area contributed by atoms with Crippen LogP contribution in [0.2, 0.25) is 0 Å². The van der Waals surface area contributed by atoms with Crippen LogP contribution in [0.5, 0.6) is 0 Å². The predicted octanol–water partition coefficient (Wildman–Crippen LogP) is 0.0889. The Bertz CT molecular complexity index is 479.